The van der Waals surface area contributed by atoms with Crippen LogP contribution in [0.3, 0.4) is 0 Å². The van der Waals surface area contributed by atoms with Crippen LogP contribution in [0.15, 0.2) is 41.3 Å². The van der Waals surface area contributed by atoms with Gasteiger partial charge in [0.2, 0.25) is 0 Å². The third-order valence-electron chi connectivity index (χ3n) is 3.62. The second-order valence-corrected chi connectivity index (χ2v) is 5.46. The molecule has 0 spiro atoms. The SMILES string of the molecule is O=C(c1ccoc1)N1CCN(Cc2ccc(Cl)nc2)CC1. The standard InChI is InChI=1S/C15H16ClN3O2/c16-14-2-1-12(9-17-14)10-18-4-6-19(7-5-18)15(20)13-3-8-21-11-13/h1-3,8-9,11H,4-7,10H2. The third kappa shape index (κ3) is 3.43. The zero-order valence-electron chi connectivity index (χ0n) is 11.5. The summed E-state index contributed by atoms with van der Waals surface area (Å²) in [7, 11) is 0. The van der Waals surface area contributed by atoms with E-state index in [4.69, 9.17) is 16.0 Å². The minimum atomic E-state index is 0.0385. The molecule has 3 rings (SSSR count). The molecule has 2 aromatic heterocycles. The van der Waals surface area contributed by atoms with E-state index in [0.717, 1.165) is 38.3 Å². The van der Waals surface area contributed by atoms with Crippen molar-refractivity contribution in [2.24, 2.45) is 0 Å². The van der Waals surface area contributed by atoms with E-state index in [0.29, 0.717) is 10.7 Å². The van der Waals surface area contributed by atoms with Crippen molar-refractivity contribution >= 4 is 17.5 Å². The number of pyridine rings is 1. The molecule has 1 amide bonds. The Hall–Kier alpha value is -1.85. The summed E-state index contributed by atoms with van der Waals surface area (Å²) in [5.74, 6) is 0.0385. The normalized spacial score (nSPS) is 16.1. The number of piperazine rings is 1. The fourth-order valence-corrected chi connectivity index (χ4v) is 2.55. The van der Waals surface area contributed by atoms with E-state index < -0.39 is 0 Å². The Balaban J connectivity index is 1.53. The van der Waals surface area contributed by atoms with Gasteiger partial charge in [-0.15, -0.1) is 0 Å². The van der Waals surface area contributed by atoms with Crippen molar-refractivity contribution in [2.45, 2.75) is 6.54 Å². The van der Waals surface area contributed by atoms with Gasteiger partial charge in [-0.05, 0) is 17.7 Å². The number of amides is 1. The number of nitrogens with zero attached hydrogens (tertiary/aromatic N) is 3. The van der Waals surface area contributed by atoms with Crippen molar-refractivity contribution in [1.82, 2.24) is 14.8 Å². The minimum absolute atomic E-state index is 0.0385. The zero-order valence-corrected chi connectivity index (χ0v) is 12.3. The quantitative estimate of drug-likeness (QED) is 0.816. The van der Waals surface area contributed by atoms with Gasteiger partial charge in [0.15, 0.2) is 0 Å². The Morgan fingerprint density at radius 2 is 2.05 bits per heavy atom. The lowest BCUT2D eigenvalue weighted by atomic mass is 10.2. The molecule has 2 aromatic rings. The molecule has 0 saturated carbocycles. The van der Waals surface area contributed by atoms with Gasteiger partial charge in [-0.1, -0.05) is 17.7 Å². The Morgan fingerprint density at radius 1 is 1.24 bits per heavy atom. The first-order chi connectivity index (χ1) is 10.2. The van der Waals surface area contributed by atoms with Crippen molar-refractivity contribution in [3.8, 4) is 0 Å². The molecular weight excluding hydrogens is 290 g/mol. The average Bonchev–Trinajstić information content (AvgIpc) is 3.04. The fourth-order valence-electron chi connectivity index (χ4n) is 2.44. The van der Waals surface area contributed by atoms with Crippen LogP contribution >= 0.6 is 11.6 Å². The van der Waals surface area contributed by atoms with Gasteiger partial charge in [-0.2, -0.15) is 0 Å². The number of aromatic nitrogens is 1. The smallest absolute Gasteiger partial charge is 0.257 e. The van der Waals surface area contributed by atoms with Gasteiger partial charge < -0.3 is 9.32 Å². The number of hydrogen-bond acceptors (Lipinski definition) is 4. The Kier molecular flexibility index (Phi) is 4.22. The second-order valence-electron chi connectivity index (χ2n) is 5.07. The molecule has 0 aliphatic carbocycles. The van der Waals surface area contributed by atoms with E-state index in [2.05, 4.69) is 9.88 Å². The topological polar surface area (TPSA) is 49.6 Å². The Labute approximate surface area is 128 Å². The molecule has 0 radical (unpaired) electrons. The van der Waals surface area contributed by atoms with Gasteiger partial charge in [-0.25, -0.2) is 4.98 Å². The Bertz CT molecular complexity index is 590. The molecule has 6 heteroatoms. The molecule has 5 nitrogen and oxygen atoms in total. The Morgan fingerprint density at radius 3 is 2.67 bits per heavy atom. The van der Waals surface area contributed by atoms with Crippen LogP contribution in [0.5, 0.6) is 0 Å². The molecule has 1 fully saturated rings. The number of carbonyl (C=O) groups is 1. The van der Waals surface area contributed by atoms with Gasteiger partial charge in [0.05, 0.1) is 11.8 Å². The van der Waals surface area contributed by atoms with Gasteiger partial charge in [0.25, 0.3) is 5.91 Å². The highest BCUT2D eigenvalue weighted by molar-refractivity contribution is 6.29. The number of furan rings is 1. The minimum Gasteiger partial charge on any atom is -0.472 e. The first-order valence-corrected chi connectivity index (χ1v) is 7.24. The van der Waals surface area contributed by atoms with Gasteiger partial charge in [-0.3, -0.25) is 9.69 Å². The summed E-state index contributed by atoms with van der Waals surface area (Å²) in [6, 6.07) is 5.49. The third-order valence-corrected chi connectivity index (χ3v) is 3.85. The molecule has 1 saturated heterocycles. The molecule has 110 valence electrons. The average molecular weight is 306 g/mol. The van der Waals surface area contributed by atoms with Crippen LogP contribution in [-0.2, 0) is 6.54 Å². The molecular formula is C15H16ClN3O2. The van der Waals surface area contributed by atoms with E-state index >= 15 is 0 Å². The summed E-state index contributed by atoms with van der Waals surface area (Å²) in [4.78, 5) is 20.4. The van der Waals surface area contributed by atoms with Crippen molar-refractivity contribution in [1.29, 1.82) is 0 Å². The highest BCUT2D eigenvalue weighted by Crippen LogP contribution is 2.12. The molecule has 3 heterocycles. The first-order valence-electron chi connectivity index (χ1n) is 6.86. The number of carbonyl (C=O) groups excluding carboxylic acids is 1. The molecule has 1 aliphatic rings. The molecule has 0 atom stereocenters. The maximum Gasteiger partial charge on any atom is 0.257 e. The second kappa shape index (κ2) is 6.28. The largest absolute Gasteiger partial charge is 0.472 e. The summed E-state index contributed by atoms with van der Waals surface area (Å²) in [5.41, 5.74) is 1.75. The van der Waals surface area contributed by atoms with E-state index in [1.54, 1.807) is 18.3 Å². The predicted molar refractivity (Wildman–Crippen MR) is 79.1 cm³/mol. The number of hydrogen-bond donors (Lipinski definition) is 0. The summed E-state index contributed by atoms with van der Waals surface area (Å²) in [5, 5.41) is 0.509. The maximum atomic E-state index is 12.2. The monoisotopic (exact) mass is 305 g/mol. The van der Waals surface area contributed by atoms with Crippen LogP contribution in [0.25, 0.3) is 0 Å². The number of rotatable bonds is 3. The van der Waals surface area contributed by atoms with Crippen molar-refractivity contribution < 1.29 is 9.21 Å². The van der Waals surface area contributed by atoms with Crippen LogP contribution in [0.1, 0.15) is 15.9 Å². The summed E-state index contributed by atoms with van der Waals surface area (Å²) >= 11 is 5.78. The summed E-state index contributed by atoms with van der Waals surface area (Å²) < 4.78 is 4.96. The number of halogens is 1. The van der Waals surface area contributed by atoms with Gasteiger partial charge in [0, 0.05) is 38.9 Å². The van der Waals surface area contributed by atoms with Crippen molar-refractivity contribution in [2.75, 3.05) is 26.2 Å². The molecule has 21 heavy (non-hydrogen) atoms. The molecule has 0 unspecified atom stereocenters. The maximum absolute atomic E-state index is 12.2. The molecule has 0 N–H and O–H groups in total. The lowest BCUT2D eigenvalue weighted by molar-refractivity contribution is 0.0627. The van der Waals surface area contributed by atoms with Crippen LogP contribution in [0.4, 0.5) is 0 Å². The van der Waals surface area contributed by atoms with Crippen molar-refractivity contribution in [3.63, 3.8) is 0 Å². The molecule has 1 aliphatic heterocycles. The molecule has 0 bridgehead atoms. The van der Waals surface area contributed by atoms with Crippen LogP contribution in [0.2, 0.25) is 5.15 Å². The highest BCUT2D eigenvalue weighted by Gasteiger charge is 2.22. The molecule has 0 aromatic carbocycles. The lowest BCUT2D eigenvalue weighted by Gasteiger charge is -2.34. The summed E-state index contributed by atoms with van der Waals surface area (Å²) in [6.07, 6.45) is 4.82. The fraction of sp³-hybridized carbons (Fsp3) is 0.333. The van der Waals surface area contributed by atoms with Gasteiger partial charge in [0.1, 0.15) is 11.4 Å². The first kappa shape index (κ1) is 14.1. The van der Waals surface area contributed by atoms with Crippen LogP contribution in [-0.4, -0.2) is 46.9 Å². The predicted octanol–water partition coefficient (Wildman–Crippen LogP) is 2.29. The zero-order chi connectivity index (χ0) is 14.7. The lowest BCUT2D eigenvalue weighted by Crippen LogP contribution is -2.48. The summed E-state index contributed by atoms with van der Waals surface area (Å²) in [6.45, 7) is 3.99. The van der Waals surface area contributed by atoms with E-state index in [1.807, 2.05) is 11.0 Å². The van der Waals surface area contributed by atoms with Crippen LogP contribution < -0.4 is 0 Å². The van der Waals surface area contributed by atoms with Crippen molar-refractivity contribution in [3.05, 3.63) is 53.2 Å². The van der Waals surface area contributed by atoms with Crippen LogP contribution in [0, 0.1) is 0 Å². The van der Waals surface area contributed by atoms with E-state index in [1.165, 1.54) is 12.5 Å². The van der Waals surface area contributed by atoms with E-state index in [-0.39, 0.29) is 5.91 Å². The van der Waals surface area contributed by atoms with Gasteiger partial charge >= 0.3 is 0 Å². The highest BCUT2D eigenvalue weighted by atomic mass is 35.5. The van der Waals surface area contributed by atoms with E-state index in [9.17, 15) is 4.79 Å².